The zero-order valence-electron chi connectivity index (χ0n) is 18.1. The van der Waals surface area contributed by atoms with Gasteiger partial charge in [0, 0.05) is 24.7 Å². The van der Waals surface area contributed by atoms with Gasteiger partial charge in [-0.25, -0.2) is 0 Å². The van der Waals surface area contributed by atoms with Crippen molar-refractivity contribution in [2.45, 2.75) is 39.0 Å². The maximum atomic E-state index is 12.4. The lowest BCUT2D eigenvalue weighted by molar-refractivity contribution is 0.0979. The Bertz CT molecular complexity index is 863. The first-order valence-corrected chi connectivity index (χ1v) is 10.9. The number of fused-ring (bicyclic) bond motifs is 1. The molecule has 0 N–H and O–H groups in total. The second kappa shape index (κ2) is 11.5. The lowest BCUT2D eigenvalue weighted by Gasteiger charge is -2.16. The van der Waals surface area contributed by atoms with E-state index in [0.29, 0.717) is 19.6 Å². The number of rotatable bonds is 12. The van der Waals surface area contributed by atoms with E-state index in [1.165, 1.54) is 5.56 Å². The summed E-state index contributed by atoms with van der Waals surface area (Å²) in [5.74, 6) is 1.88. The minimum absolute atomic E-state index is 0.182. The number of nitrogens with zero attached hydrogens (tertiary/aromatic N) is 2. The lowest BCUT2D eigenvalue weighted by Crippen LogP contribution is -2.22. The highest BCUT2D eigenvalue weighted by Gasteiger charge is 2.12. The molecule has 0 bridgehead atoms. The van der Waals surface area contributed by atoms with Crippen molar-refractivity contribution in [2.75, 3.05) is 33.4 Å². The Hall–Kier alpha value is -2.66. The van der Waals surface area contributed by atoms with Crippen LogP contribution in [0.15, 0.2) is 47.5 Å². The molecule has 0 aromatic heterocycles. The molecule has 0 amide bonds. The van der Waals surface area contributed by atoms with Crippen LogP contribution in [0.5, 0.6) is 11.5 Å². The second-order valence-electron chi connectivity index (χ2n) is 7.67. The van der Waals surface area contributed by atoms with E-state index in [1.54, 1.807) is 6.21 Å². The van der Waals surface area contributed by atoms with Gasteiger partial charge in [0.2, 0.25) is 0 Å². The highest BCUT2D eigenvalue weighted by atomic mass is 16.5. The second-order valence-corrected chi connectivity index (χ2v) is 7.67. The number of benzene rings is 2. The van der Waals surface area contributed by atoms with Crippen LogP contribution in [0.4, 0.5) is 5.69 Å². The van der Waals surface area contributed by atoms with Crippen molar-refractivity contribution in [1.29, 1.82) is 0 Å². The first-order chi connectivity index (χ1) is 14.7. The summed E-state index contributed by atoms with van der Waals surface area (Å²) in [6.45, 7) is 5.26. The van der Waals surface area contributed by atoms with Gasteiger partial charge in [-0.3, -0.25) is 9.79 Å². The smallest absolute Gasteiger partial charge is 0.162 e. The van der Waals surface area contributed by atoms with Gasteiger partial charge in [0.25, 0.3) is 0 Å². The molecule has 0 radical (unpaired) electrons. The molecule has 1 aliphatic rings. The normalized spacial score (nSPS) is 12.5. The van der Waals surface area contributed by atoms with E-state index in [-0.39, 0.29) is 5.78 Å². The minimum Gasteiger partial charge on any atom is -0.494 e. The highest BCUT2D eigenvalue weighted by molar-refractivity contribution is 5.97. The summed E-state index contributed by atoms with van der Waals surface area (Å²) in [5.41, 5.74) is 2.78. The van der Waals surface area contributed by atoms with Crippen molar-refractivity contribution in [3.63, 3.8) is 0 Å². The fourth-order valence-corrected chi connectivity index (χ4v) is 3.55. The number of Topliss-reactive ketones (excluding diaryl/α,β-unsaturated/α-hetero) is 1. The zero-order chi connectivity index (χ0) is 21.2. The molecule has 1 aliphatic heterocycles. The van der Waals surface area contributed by atoms with E-state index in [0.717, 1.165) is 61.5 Å². The number of ether oxygens (including phenoxy) is 2. The van der Waals surface area contributed by atoms with E-state index in [2.05, 4.69) is 35.1 Å². The van der Waals surface area contributed by atoms with Gasteiger partial charge >= 0.3 is 0 Å². The molecule has 5 heteroatoms. The molecular formula is C25H32N2O3. The van der Waals surface area contributed by atoms with Gasteiger partial charge in [-0.15, -0.1) is 0 Å². The molecule has 0 atom stereocenters. The molecule has 0 spiro atoms. The summed E-state index contributed by atoms with van der Waals surface area (Å²) < 4.78 is 11.1. The summed E-state index contributed by atoms with van der Waals surface area (Å²) in [4.78, 5) is 19.1. The van der Waals surface area contributed by atoms with Crippen molar-refractivity contribution >= 4 is 17.7 Å². The summed E-state index contributed by atoms with van der Waals surface area (Å²) in [5, 5.41) is 0. The molecule has 5 nitrogen and oxygen atoms in total. The van der Waals surface area contributed by atoms with Gasteiger partial charge in [-0.2, -0.15) is 0 Å². The number of unbranched alkanes of at least 4 members (excludes halogenated alkanes) is 2. The van der Waals surface area contributed by atoms with Crippen LogP contribution in [0, 0.1) is 0 Å². The predicted molar refractivity (Wildman–Crippen MR) is 122 cm³/mol. The van der Waals surface area contributed by atoms with Crippen LogP contribution < -0.4 is 9.47 Å². The molecule has 160 valence electrons. The quantitative estimate of drug-likeness (QED) is 0.362. The largest absolute Gasteiger partial charge is 0.494 e. The molecule has 0 saturated heterocycles. The summed E-state index contributed by atoms with van der Waals surface area (Å²) in [6, 6.07) is 13.9. The fourth-order valence-electron chi connectivity index (χ4n) is 3.55. The monoisotopic (exact) mass is 408 g/mol. The van der Waals surface area contributed by atoms with Gasteiger partial charge in [0.1, 0.15) is 23.8 Å². The van der Waals surface area contributed by atoms with Crippen molar-refractivity contribution in [3.8, 4) is 11.5 Å². The van der Waals surface area contributed by atoms with E-state index < -0.39 is 0 Å². The van der Waals surface area contributed by atoms with Crippen LogP contribution in [0.25, 0.3) is 0 Å². The molecule has 30 heavy (non-hydrogen) atoms. The summed E-state index contributed by atoms with van der Waals surface area (Å²) in [6.07, 6.45) is 6.40. The fraction of sp³-hybridized carbons (Fsp3) is 0.440. The van der Waals surface area contributed by atoms with Crippen LogP contribution in [-0.4, -0.2) is 50.2 Å². The van der Waals surface area contributed by atoms with E-state index >= 15 is 0 Å². The lowest BCUT2D eigenvalue weighted by atomic mass is 10.0. The van der Waals surface area contributed by atoms with Crippen LogP contribution in [-0.2, 0) is 6.42 Å². The Labute approximate surface area is 179 Å². The number of carbonyl (C=O) groups excluding carboxylic acids is 1. The standard InChI is InChI=1S/C25H32N2O3/c1-3-29-22-9-7-8-20(18-22)13-16-27(2)15-6-4-5-10-24(28)21-11-12-25-23(19-21)26-14-17-30-25/h7-9,11-12,14,18-19H,3-6,10,13,15-17H2,1-2H3. The van der Waals surface area contributed by atoms with Gasteiger partial charge in [0.05, 0.1) is 6.61 Å². The molecule has 0 unspecified atom stereocenters. The van der Waals surface area contributed by atoms with Gasteiger partial charge < -0.3 is 14.4 Å². The van der Waals surface area contributed by atoms with E-state index in [4.69, 9.17) is 9.47 Å². The van der Waals surface area contributed by atoms with Crippen LogP contribution in [0.1, 0.15) is 48.5 Å². The number of aliphatic imine (C=N–C) groups is 1. The molecule has 0 aliphatic carbocycles. The summed E-state index contributed by atoms with van der Waals surface area (Å²) in [7, 11) is 2.16. The molecule has 0 fully saturated rings. The number of hydrogen-bond acceptors (Lipinski definition) is 5. The Kier molecular flexibility index (Phi) is 8.45. The summed E-state index contributed by atoms with van der Waals surface area (Å²) >= 11 is 0. The molecule has 3 rings (SSSR count). The molecule has 1 heterocycles. The van der Waals surface area contributed by atoms with Crippen molar-refractivity contribution in [3.05, 3.63) is 53.6 Å². The molecular weight excluding hydrogens is 376 g/mol. The average molecular weight is 409 g/mol. The predicted octanol–water partition coefficient (Wildman–Crippen LogP) is 5.10. The number of likely N-dealkylation sites (N-methyl/N-ethyl adjacent to an activating group) is 1. The third kappa shape index (κ3) is 6.70. The first-order valence-electron chi connectivity index (χ1n) is 10.9. The van der Waals surface area contributed by atoms with E-state index in [9.17, 15) is 4.79 Å². The maximum absolute atomic E-state index is 12.4. The Morgan fingerprint density at radius 3 is 2.90 bits per heavy atom. The van der Waals surface area contributed by atoms with Gasteiger partial charge in [-0.1, -0.05) is 18.6 Å². The minimum atomic E-state index is 0.182. The van der Waals surface area contributed by atoms with Crippen LogP contribution in [0.2, 0.25) is 0 Å². The molecule has 0 saturated carbocycles. The number of ketones is 1. The highest BCUT2D eigenvalue weighted by Crippen LogP contribution is 2.30. The number of hydrogen-bond donors (Lipinski definition) is 0. The Morgan fingerprint density at radius 2 is 2.03 bits per heavy atom. The third-order valence-electron chi connectivity index (χ3n) is 5.26. The van der Waals surface area contributed by atoms with Gasteiger partial charge in [-0.05, 0) is 75.7 Å². The van der Waals surface area contributed by atoms with Crippen LogP contribution in [0.3, 0.4) is 0 Å². The first kappa shape index (κ1) is 22.0. The average Bonchev–Trinajstić information content (AvgIpc) is 2.77. The van der Waals surface area contributed by atoms with Gasteiger partial charge in [0.15, 0.2) is 5.78 Å². The Balaban J connectivity index is 1.31. The van der Waals surface area contributed by atoms with E-state index in [1.807, 2.05) is 31.2 Å². The molecule has 2 aromatic rings. The molecule has 2 aromatic carbocycles. The van der Waals surface area contributed by atoms with Crippen molar-refractivity contribution in [2.24, 2.45) is 4.99 Å². The SMILES string of the molecule is CCOc1cccc(CCN(C)CCCCCC(=O)c2ccc3c(c2)N=CCO3)c1. The topological polar surface area (TPSA) is 51.1 Å². The number of carbonyl (C=O) groups is 1. The maximum Gasteiger partial charge on any atom is 0.162 e. The van der Waals surface area contributed by atoms with Crippen LogP contribution >= 0.6 is 0 Å². The van der Waals surface area contributed by atoms with Crippen molar-refractivity contribution < 1.29 is 14.3 Å². The third-order valence-corrected chi connectivity index (χ3v) is 5.26. The van der Waals surface area contributed by atoms with Crippen molar-refractivity contribution in [1.82, 2.24) is 4.90 Å². The zero-order valence-corrected chi connectivity index (χ0v) is 18.1. The Morgan fingerprint density at radius 1 is 1.13 bits per heavy atom.